The van der Waals surface area contributed by atoms with Crippen molar-refractivity contribution < 1.29 is 18.0 Å². The number of hydrogen-bond donors (Lipinski definition) is 3. The number of hydrogen-bond acceptors (Lipinski definition) is 6. The van der Waals surface area contributed by atoms with E-state index < -0.39 is 12.7 Å². The van der Waals surface area contributed by atoms with Gasteiger partial charge in [0.15, 0.2) is 0 Å². The molecule has 1 saturated heterocycles. The number of anilines is 1. The van der Waals surface area contributed by atoms with E-state index in [1.54, 1.807) is 17.3 Å². The van der Waals surface area contributed by atoms with Crippen molar-refractivity contribution in [3.8, 4) is 0 Å². The Morgan fingerprint density at radius 2 is 2.30 bits per heavy atom. The number of nitrogens with zero attached hydrogens (tertiary/aromatic N) is 3. The Hall–Kier alpha value is -2.37. The van der Waals surface area contributed by atoms with E-state index in [0.29, 0.717) is 36.4 Å². The summed E-state index contributed by atoms with van der Waals surface area (Å²) < 4.78 is 36.9. The van der Waals surface area contributed by atoms with Crippen molar-refractivity contribution in [2.45, 2.75) is 12.6 Å². The van der Waals surface area contributed by atoms with E-state index in [-0.39, 0.29) is 23.4 Å². The molecule has 0 unspecified atom stereocenters. The molecular formula is C16H20F3N6O2-. The number of amides is 1. The Bertz CT molecular complexity index is 809. The van der Waals surface area contributed by atoms with Gasteiger partial charge in [-0.1, -0.05) is 0 Å². The van der Waals surface area contributed by atoms with Gasteiger partial charge in [0.05, 0.1) is 17.8 Å². The molecule has 0 spiro atoms. The van der Waals surface area contributed by atoms with Crippen molar-refractivity contribution in [3.63, 3.8) is 0 Å². The molecule has 0 aliphatic carbocycles. The van der Waals surface area contributed by atoms with Crippen molar-refractivity contribution in [2.75, 3.05) is 38.7 Å². The number of hydroxylamine groups is 2. The minimum absolute atomic E-state index is 0.0565. The van der Waals surface area contributed by atoms with E-state index in [4.69, 9.17) is 0 Å². The van der Waals surface area contributed by atoms with Crippen molar-refractivity contribution in [3.05, 3.63) is 29.2 Å². The monoisotopic (exact) mass is 385 g/mol. The van der Waals surface area contributed by atoms with Gasteiger partial charge < -0.3 is 26.0 Å². The lowest BCUT2D eigenvalue weighted by Crippen LogP contribution is -2.35. The predicted octanol–water partition coefficient (Wildman–Crippen LogP) is 1.93. The van der Waals surface area contributed by atoms with Crippen LogP contribution in [0.15, 0.2) is 18.5 Å². The zero-order valence-corrected chi connectivity index (χ0v) is 14.6. The molecule has 0 bridgehead atoms. The van der Waals surface area contributed by atoms with Crippen LogP contribution in [-0.4, -0.2) is 65.4 Å². The molecule has 1 aliphatic heterocycles. The van der Waals surface area contributed by atoms with Crippen LogP contribution in [0.25, 0.3) is 11.0 Å². The molecular weight excluding hydrogens is 365 g/mol. The van der Waals surface area contributed by atoms with E-state index in [2.05, 4.69) is 20.7 Å². The third-order valence-electron chi connectivity index (χ3n) is 4.43. The van der Waals surface area contributed by atoms with E-state index in [1.165, 1.54) is 13.2 Å². The number of nitrogens with one attached hydrogen (secondary N) is 3. The van der Waals surface area contributed by atoms with Gasteiger partial charge in [-0.2, -0.15) is 13.2 Å². The molecule has 148 valence electrons. The Morgan fingerprint density at radius 1 is 1.52 bits per heavy atom. The van der Waals surface area contributed by atoms with Crippen LogP contribution in [0.2, 0.25) is 0 Å². The zero-order valence-electron chi connectivity index (χ0n) is 14.6. The molecule has 11 heteroatoms. The van der Waals surface area contributed by atoms with Crippen molar-refractivity contribution >= 4 is 22.6 Å². The minimum atomic E-state index is -4.50. The standard InChI is InChI=1S/C16H20F3N6O2/c1-20-15(26)12-6-22-14-11(2-4-21-14)13(12)23-24-5-3-10(7-24)8-25(27)9-16(17,18)19/h2,4,6,10H,3,5,7-9H2,1H3,(H,20,26)(H2,21,22,23)/q-1/t10-/m0/s1. The van der Waals surface area contributed by atoms with Crippen LogP contribution in [0.3, 0.4) is 0 Å². The first-order chi connectivity index (χ1) is 12.8. The molecule has 3 rings (SSSR count). The molecule has 27 heavy (non-hydrogen) atoms. The summed E-state index contributed by atoms with van der Waals surface area (Å²) in [6.07, 6.45) is -0.760. The first-order valence-corrected chi connectivity index (χ1v) is 8.45. The van der Waals surface area contributed by atoms with Gasteiger partial charge in [0.1, 0.15) is 5.65 Å². The van der Waals surface area contributed by atoms with Crippen LogP contribution >= 0.6 is 0 Å². The second kappa shape index (κ2) is 7.71. The third-order valence-corrected chi connectivity index (χ3v) is 4.43. The summed E-state index contributed by atoms with van der Waals surface area (Å²) >= 11 is 0. The second-order valence-electron chi connectivity index (χ2n) is 6.52. The normalized spacial score (nSPS) is 18.4. The number of H-pyrrole nitrogens is 1. The summed E-state index contributed by atoms with van der Waals surface area (Å²) in [6.45, 7) is -0.702. The highest BCUT2D eigenvalue weighted by Crippen LogP contribution is 2.28. The number of alkyl halides is 3. The number of carbonyl (C=O) groups excluding carboxylic acids is 1. The molecule has 2 aromatic rings. The van der Waals surface area contributed by atoms with Gasteiger partial charge in [0.25, 0.3) is 5.91 Å². The number of carbonyl (C=O) groups is 1. The molecule has 1 amide bonds. The first-order valence-electron chi connectivity index (χ1n) is 8.45. The second-order valence-corrected chi connectivity index (χ2v) is 6.52. The summed E-state index contributed by atoms with van der Waals surface area (Å²) in [5.74, 6) is -0.496. The fourth-order valence-corrected chi connectivity index (χ4v) is 3.23. The number of hydrazine groups is 1. The van der Waals surface area contributed by atoms with E-state index in [9.17, 15) is 23.2 Å². The number of aromatic nitrogens is 2. The van der Waals surface area contributed by atoms with Gasteiger partial charge in [-0.05, 0) is 24.9 Å². The number of pyridine rings is 1. The van der Waals surface area contributed by atoms with Crippen LogP contribution in [0.5, 0.6) is 0 Å². The highest BCUT2D eigenvalue weighted by atomic mass is 19.4. The predicted molar refractivity (Wildman–Crippen MR) is 93.8 cm³/mol. The van der Waals surface area contributed by atoms with Gasteiger partial charge >= 0.3 is 6.18 Å². The Balaban J connectivity index is 1.69. The quantitative estimate of drug-likeness (QED) is 0.658. The Morgan fingerprint density at radius 3 is 3.00 bits per heavy atom. The maximum atomic E-state index is 12.3. The molecule has 2 aromatic heterocycles. The lowest BCUT2D eigenvalue weighted by Gasteiger charge is -2.31. The molecule has 3 heterocycles. The van der Waals surface area contributed by atoms with Crippen LogP contribution in [0.1, 0.15) is 16.8 Å². The van der Waals surface area contributed by atoms with Gasteiger partial charge in [-0.15, -0.1) is 0 Å². The molecule has 1 atom stereocenters. The van der Waals surface area contributed by atoms with Crippen molar-refractivity contribution in [1.82, 2.24) is 25.4 Å². The highest BCUT2D eigenvalue weighted by molar-refractivity contribution is 6.06. The maximum absolute atomic E-state index is 12.3. The van der Waals surface area contributed by atoms with E-state index in [1.807, 2.05) is 0 Å². The molecule has 3 N–H and O–H groups in total. The van der Waals surface area contributed by atoms with E-state index in [0.717, 1.165) is 5.39 Å². The molecule has 1 aliphatic rings. The average Bonchev–Trinajstić information content (AvgIpc) is 3.22. The smallest absolute Gasteiger partial charge is 0.400 e. The van der Waals surface area contributed by atoms with Gasteiger partial charge in [-0.25, -0.2) is 9.99 Å². The number of halogens is 3. The van der Waals surface area contributed by atoms with Crippen LogP contribution in [-0.2, 0) is 0 Å². The molecule has 8 nitrogen and oxygen atoms in total. The highest BCUT2D eigenvalue weighted by Gasteiger charge is 2.30. The third kappa shape index (κ3) is 4.67. The topological polar surface area (TPSA) is 99.3 Å². The van der Waals surface area contributed by atoms with Crippen LogP contribution in [0.4, 0.5) is 18.9 Å². The molecule has 0 radical (unpaired) electrons. The summed E-state index contributed by atoms with van der Waals surface area (Å²) in [5, 5.41) is 16.6. The lowest BCUT2D eigenvalue weighted by atomic mass is 10.1. The molecule has 1 fully saturated rings. The summed E-state index contributed by atoms with van der Waals surface area (Å²) in [7, 11) is 1.52. The number of fused-ring (bicyclic) bond motifs is 1. The van der Waals surface area contributed by atoms with Gasteiger partial charge in [0, 0.05) is 37.9 Å². The van der Waals surface area contributed by atoms with Gasteiger partial charge in [-0.3, -0.25) is 4.79 Å². The SMILES string of the molecule is CNC(=O)c1cnc2[nH]ccc2c1NN1CC[C@H](CN([O-])CC(F)(F)F)C1. The zero-order chi connectivity index (χ0) is 19.6. The first kappa shape index (κ1) is 19.4. The minimum Gasteiger partial charge on any atom is -0.785 e. The summed E-state index contributed by atoms with van der Waals surface area (Å²) in [6, 6.07) is 1.79. The van der Waals surface area contributed by atoms with Crippen molar-refractivity contribution in [2.24, 2.45) is 5.92 Å². The Kier molecular flexibility index (Phi) is 5.53. The van der Waals surface area contributed by atoms with Crippen LogP contribution < -0.4 is 10.7 Å². The maximum Gasteiger partial charge on any atom is 0.400 e. The van der Waals surface area contributed by atoms with Crippen molar-refractivity contribution in [1.29, 1.82) is 0 Å². The van der Waals surface area contributed by atoms with E-state index >= 15 is 0 Å². The fraction of sp³-hybridized carbons (Fsp3) is 0.500. The molecule has 0 saturated carbocycles. The Labute approximate surface area is 153 Å². The number of aromatic amines is 1. The summed E-state index contributed by atoms with van der Waals surface area (Å²) in [5.41, 5.74) is 4.71. The van der Waals surface area contributed by atoms with Crippen LogP contribution in [0, 0.1) is 11.1 Å². The number of rotatable bonds is 6. The summed E-state index contributed by atoms with van der Waals surface area (Å²) in [4.78, 5) is 19.3. The lowest BCUT2D eigenvalue weighted by molar-refractivity contribution is -0.141. The largest absolute Gasteiger partial charge is 0.785 e. The average molecular weight is 385 g/mol. The van der Waals surface area contributed by atoms with Gasteiger partial charge in [0.2, 0.25) is 0 Å². The molecule has 0 aromatic carbocycles. The fourth-order valence-electron chi connectivity index (χ4n) is 3.23.